The minimum Gasteiger partial charge on any atom is -0.367 e. The second-order valence-corrected chi connectivity index (χ2v) is 7.04. The van der Waals surface area contributed by atoms with E-state index in [9.17, 15) is 10.1 Å². The minimum absolute atomic E-state index is 0.0933. The molecule has 6 nitrogen and oxygen atoms in total. The number of pyridine rings is 1. The highest BCUT2D eigenvalue weighted by Crippen LogP contribution is 2.40. The van der Waals surface area contributed by atoms with Crippen LogP contribution in [0, 0.1) is 10.1 Å². The van der Waals surface area contributed by atoms with Crippen LogP contribution in [0.1, 0.15) is 24.8 Å². The predicted octanol–water partition coefficient (Wildman–Crippen LogP) is 3.23. The summed E-state index contributed by atoms with van der Waals surface area (Å²) in [7, 11) is 0. The molecule has 2 fully saturated rings. The third kappa shape index (κ3) is 3.09. The fourth-order valence-corrected chi connectivity index (χ4v) is 4.26. The maximum atomic E-state index is 10.8. The van der Waals surface area contributed by atoms with E-state index in [1.807, 2.05) is 6.07 Å². The summed E-state index contributed by atoms with van der Waals surface area (Å²) in [5.41, 5.74) is 2.56. The average Bonchev–Trinajstić information content (AvgIpc) is 3.24. The van der Waals surface area contributed by atoms with E-state index in [1.165, 1.54) is 24.5 Å². The van der Waals surface area contributed by atoms with E-state index in [4.69, 9.17) is 0 Å². The number of rotatable bonds is 4. The molecule has 0 amide bonds. The van der Waals surface area contributed by atoms with Crippen LogP contribution in [-0.2, 0) is 6.54 Å². The summed E-state index contributed by atoms with van der Waals surface area (Å²) < 4.78 is 0. The Morgan fingerprint density at radius 2 is 1.96 bits per heavy atom. The number of hydrogen-bond donors (Lipinski definition) is 0. The van der Waals surface area contributed by atoms with Crippen molar-refractivity contribution >= 4 is 11.5 Å². The van der Waals surface area contributed by atoms with E-state index in [-0.39, 0.29) is 11.4 Å². The minimum atomic E-state index is -0.451. The Hall–Kier alpha value is -2.47. The molecule has 0 bridgehead atoms. The highest BCUT2D eigenvalue weighted by Gasteiger charge is 2.46. The van der Waals surface area contributed by atoms with Gasteiger partial charge in [0.05, 0.1) is 5.69 Å². The van der Waals surface area contributed by atoms with Crippen molar-refractivity contribution in [2.75, 3.05) is 24.5 Å². The molecule has 130 valence electrons. The first-order valence-electron chi connectivity index (χ1n) is 8.81. The standard InChI is InChI=1S/C19H22N4O2/c24-23(25)18-8-7-17(13-20-18)21-12-10-19(15-21)9-4-11-22(19)14-16-5-2-1-3-6-16/h1-3,5-8,13H,4,9-12,14-15H2. The summed E-state index contributed by atoms with van der Waals surface area (Å²) in [6.45, 7) is 4.08. The van der Waals surface area contributed by atoms with Crippen LogP contribution in [0.4, 0.5) is 11.5 Å². The fourth-order valence-electron chi connectivity index (χ4n) is 4.26. The van der Waals surface area contributed by atoms with Gasteiger partial charge in [0.25, 0.3) is 0 Å². The number of aromatic nitrogens is 1. The van der Waals surface area contributed by atoms with Crippen LogP contribution >= 0.6 is 0 Å². The molecule has 2 aliphatic rings. The number of nitrogens with zero attached hydrogens (tertiary/aromatic N) is 4. The van der Waals surface area contributed by atoms with Crippen molar-refractivity contribution < 1.29 is 4.92 Å². The largest absolute Gasteiger partial charge is 0.367 e. The fraction of sp³-hybridized carbons (Fsp3) is 0.421. The maximum Gasteiger partial charge on any atom is 0.363 e. The number of anilines is 1. The van der Waals surface area contributed by atoms with Gasteiger partial charge < -0.3 is 15.0 Å². The van der Waals surface area contributed by atoms with Gasteiger partial charge in [0.2, 0.25) is 0 Å². The van der Waals surface area contributed by atoms with E-state index in [0.717, 1.165) is 38.3 Å². The van der Waals surface area contributed by atoms with Crippen molar-refractivity contribution in [3.05, 3.63) is 64.3 Å². The topological polar surface area (TPSA) is 62.5 Å². The van der Waals surface area contributed by atoms with Gasteiger partial charge in [-0.3, -0.25) is 4.90 Å². The smallest absolute Gasteiger partial charge is 0.363 e. The third-order valence-electron chi connectivity index (χ3n) is 5.57. The Kier molecular flexibility index (Phi) is 4.13. The number of likely N-dealkylation sites (tertiary alicyclic amines) is 1. The first-order valence-corrected chi connectivity index (χ1v) is 8.81. The molecule has 4 rings (SSSR count). The SMILES string of the molecule is O=[N+]([O-])c1ccc(N2CCC3(CCCN3Cc3ccccc3)C2)cn1. The van der Waals surface area contributed by atoms with Crippen LogP contribution in [0.5, 0.6) is 0 Å². The van der Waals surface area contributed by atoms with E-state index in [1.54, 1.807) is 6.20 Å². The zero-order valence-electron chi connectivity index (χ0n) is 14.2. The monoisotopic (exact) mass is 338 g/mol. The van der Waals surface area contributed by atoms with Gasteiger partial charge in [-0.2, -0.15) is 0 Å². The highest BCUT2D eigenvalue weighted by molar-refractivity contribution is 5.48. The lowest BCUT2D eigenvalue weighted by atomic mass is 9.94. The van der Waals surface area contributed by atoms with Crippen molar-refractivity contribution in [1.82, 2.24) is 9.88 Å². The van der Waals surface area contributed by atoms with Gasteiger partial charge >= 0.3 is 5.82 Å². The van der Waals surface area contributed by atoms with Crippen LogP contribution in [0.3, 0.4) is 0 Å². The van der Waals surface area contributed by atoms with Gasteiger partial charge in [0.1, 0.15) is 0 Å². The normalized spacial score (nSPS) is 23.4. The van der Waals surface area contributed by atoms with E-state index in [2.05, 4.69) is 45.1 Å². The third-order valence-corrected chi connectivity index (χ3v) is 5.57. The van der Waals surface area contributed by atoms with Crippen molar-refractivity contribution in [2.24, 2.45) is 0 Å². The van der Waals surface area contributed by atoms with Gasteiger partial charge in [-0.25, -0.2) is 0 Å². The lowest BCUT2D eigenvalue weighted by molar-refractivity contribution is -0.389. The maximum absolute atomic E-state index is 10.8. The highest BCUT2D eigenvalue weighted by atomic mass is 16.6. The average molecular weight is 338 g/mol. The van der Waals surface area contributed by atoms with Crippen LogP contribution in [0.15, 0.2) is 48.7 Å². The summed E-state index contributed by atoms with van der Waals surface area (Å²) >= 11 is 0. The first-order chi connectivity index (χ1) is 12.2. The molecule has 0 N–H and O–H groups in total. The number of benzene rings is 1. The zero-order valence-corrected chi connectivity index (χ0v) is 14.2. The van der Waals surface area contributed by atoms with Crippen LogP contribution in [0.25, 0.3) is 0 Å². The Balaban J connectivity index is 1.49. The molecule has 25 heavy (non-hydrogen) atoms. The molecular formula is C19H22N4O2. The molecule has 2 aliphatic heterocycles. The summed E-state index contributed by atoms with van der Waals surface area (Å²) in [6.07, 6.45) is 5.22. The van der Waals surface area contributed by atoms with Crippen LogP contribution < -0.4 is 4.90 Å². The second kappa shape index (κ2) is 6.44. The summed E-state index contributed by atoms with van der Waals surface area (Å²) in [5, 5.41) is 10.8. The lowest BCUT2D eigenvalue weighted by Gasteiger charge is -2.35. The lowest BCUT2D eigenvalue weighted by Crippen LogP contribution is -2.45. The van der Waals surface area contributed by atoms with E-state index >= 15 is 0 Å². The Labute approximate surface area is 147 Å². The first kappa shape index (κ1) is 16.0. The van der Waals surface area contributed by atoms with Gasteiger partial charge in [0.15, 0.2) is 6.20 Å². The molecule has 2 aromatic rings. The summed E-state index contributed by atoms with van der Waals surface area (Å²) in [4.78, 5) is 19.2. The molecule has 0 saturated carbocycles. The van der Waals surface area contributed by atoms with Gasteiger partial charge in [-0.15, -0.1) is 0 Å². The predicted molar refractivity (Wildman–Crippen MR) is 96.5 cm³/mol. The quantitative estimate of drug-likeness (QED) is 0.633. The van der Waals surface area contributed by atoms with Crippen molar-refractivity contribution in [1.29, 1.82) is 0 Å². The number of hydrogen-bond acceptors (Lipinski definition) is 5. The zero-order chi connectivity index (χ0) is 17.3. The molecule has 1 unspecified atom stereocenters. The van der Waals surface area contributed by atoms with Crippen LogP contribution in [0.2, 0.25) is 0 Å². The molecule has 6 heteroatoms. The molecule has 1 aromatic heterocycles. The summed E-state index contributed by atoms with van der Waals surface area (Å²) in [6, 6.07) is 14.0. The van der Waals surface area contributed by atoms with E-state index in [0.29, 0.717) is 0 Å². The molecule has 1 spiro atoms. The van der Waals surface area contributed by atoms with Gasteiger partial charge in [-0.05, 0) is 47.3 Å². The summed E-state index contributed by atoms with van der Waals surface area (Å²) in [5.74, 6) is -0.0933. The van der Waals surface area contributed by atoms with E-state index < -0.39 is 4.92 Å². The molecule has 3 heterocycles. The van der Waals surface area contributed by atoms with Crippen molar-refractivity contribution in [3.63, 3.8) is 0 Å². The molecule has 0 aliphatic carbocycles. The molecule has 0 radical (unpaired) electrons. The number of nitro groups is 1. The Morgan fingerprint density at radius 3 is 2.68 bits per heavy atom. The van der Waals surface area contributed by atoms with Crippen molar-refractivity contribution in [3.8, 4) is 0 Å². The molecular weight excluding hydrogens is 316 g/mol. The van der Waals surface area contributed by atoms with Crippen molar-refractivity contribution in [2.45, 2.75) is 31.3 Å². The molecule has 1 aromatic carbocycles. The van der Waals surface area contributed by atoms with Gasteiger partial charge in [0, 0.05) is 31.2 Å². The van der Waals surface area contributed by atoms with Gasteiger partial charge in [-0.1, -0.05) is 30.3 Å². The Bertz CT molecular complexity index is 750. The molecule has 2 saturated heterocycles. The second-order valence-electron chi connectivity index (χ2n) is 7.04. The molecule has 1 atom stereocenters. The Morgan fingerprint density at radius 1 is 1.12 bits per heavy atom. The van der Waals surface area contributed by atoms with Crippen LogP contribution in [-0.4, -0.2) is 40.0 Å².